The van der Waals surface area contributed by atoms with Crippen LogP contribution in [0.2, 0.25) is 0 Å². The van der Waals surface area contributed by atoms with Crippen molar-refractivity contribution in [1.82, 2.24) is 4.72 Å². The molecule has 1 N–H and O–H groups in total. The van der Waals surface area contributed by atoms with Gasteiger partial charge in [0.25, 0.3) is 0 Å². The van der Waals surface area contributed by atoms with Crippen molar-refractivity contribution in [3.63, 3.8) is 0 Å². The standard InChI is InChI=1S/C15H21NO4S/c1-15(2)8-12-10(13(9-15)16-21(4,18)19)6-5-7-11(12)14(17)20-3/h5-7,13,16H,8-9H2,1-4H3. The molecule has 1 unspecified atom stereocenters. The lowest BCUT2D eigenvalue weighted by molar-refractivity contribution is 0.0598. The Morgan fingerprint density at radius 1 is 1.38 bits per heavy atom. The first kappa shape index (κ1) is 16.0. The number of nitrogens with one attached hydrogen (secondary N) is 1. The molecule has 0 amide bonds. The molecule has 0 aliphatic heterocycles. The summed E-state index contributed by atoms with van der Waals surface area (Å²) in [5, 5.41) is 0. The minimum absolute atomic E-state index is 0.0977. The van der Waals surface area contributed by atoms with Crippen molar-refractivity contribution >= 4 is 16.0 Å². The lowest BCUT2D eigenvalue weighted by Gasteiger charge is -2.37. The number of hydrogen-bond donors (Lipinski definition) is 1. The van der Waals surface area contributed by atoms with Crippen LogP contribution in [0.3, 0.4) is 0 Å². The monoisotopic (exact) mass is 311 g/mol. The smallest absolute Gasteiger partial charge is 0.338 e. The van der Waals surface area contributed by atoms with Gasteiger partial charge in [0.15, 0.2) is 0 Å². The van der Waals surface area contributed by atoms with Crippen LogP contribution in [0, 0.1) is 5.41 Å². The van der Waals surface area contributed by atoms with Gasteiger partial charge in [0.05, 0.1) is 18.9 Å². The highest BCUT2D eigenvalue weighted by molar-refractivity contribution is 7.88. The number of methoxy groups -OCH3 is 1. The first-order valence-corrected chi connectivity index (χ1v) is 8.69. The zero-order valence-electron chi connectivity index (χ0n) is 12.8. The van der Waals surface area contributed by atoms with Crippen LogP contribution in [0.1, 0.15) is 47.8 Å². The molecule has 0 aromatic heterocycles. The highest BCUT2D eigenvalue weighted by Gasteiger charge is 2.35. The number of ether oxygens (including phenoxy) is 1. The molecule has 21 heavy (non-hydrogen) atoms. The van der Waals surface area contributed by atoms with Gasteiger partial charge in [-0.2, -0.15) is 0 Å². The van der Waals surface area contributed by atoms with Gasteiger partial charge in [0.1, 0.15) is 0 Å². The molecule has 1 atom stereocenters. The van der Waals surface area contributed by atoms with E-state index in [-0.39, 0.29) is 17.4 Å². The zero-order chi connectivity index (χ0) is 15.8. The summed E-state index contributed by atoms with van der Waals surface area (Å²) in [6, 6.07) is 5.05. The quantitative estimate of drug-likeness (QED) is 0.867. The fraction of sp³-hybridized carbons (Fsp3) is 0.533. The molecule has 0 saturated carbocycles. The van der Waals surface area contributed by atoms with E-state index in [2.05, 4.69) is 18.6 Å². The van der Waals surface area contributed by atoms with E-state index in [4.69, 9.17) is 4.74 Å². The van der Waals surface area contributed by atoms with Crippen LogP contribution in [0.15, 0.2) is 18.2 Å². The number of sulfonamides is 1. The maximum atomic E-state index is 11.9. The van der Waals surface area contributed by atoms with Gasteiger partial charge in [-0.1, -0.05) is 26.0 Å². The lowest BCUT2D eigenvalue weighted by atomic mass is 9.71. The van der Waals surface area contributed by atoms with Gasteiger partial charge in [0, 0.05) is 6.04 Å². The van der Waals surface area contributed by atoms with Crippen LogP contribution in [-0.2, 0) is 21.2 Å². The van der Waals surface area contributed by atoms with Gasteiger partial charge in [0.2, 0.25) is 10.0 Å². The second-order valence-corrected chi connectivity index (χ2v) is 8.13. The molecule has 1 aromatic carbocycles. The maximum absolute atomic E-state index is 11.9. The van der Waals surface area contributed by atoms with Crippen LogP contribution in [0.4, 0.5) is 0 Å². The SMILES string of the molecule is COC(=O)c1cccc2c1CC(C)(C)CC2NS(C)(=O)=O. The number of carbonyl (C=O) groups excluding carboxylic acids is 1. The molecule has 0 bridgehead atoms. The number of esters is 1. The van der Waals surface area contributed by atoms with Crippen LogP contribution in [0.5, 0.6) is 0 Å². The number of hydrogen-bond acceptors (Lipinski definition) is 4. The first-order valence-electron chi connectivity index (χ1n) is 6.80. The molecule has 0 spiro atoms. The lowest BCUT2D eigenvalue weighted by Crippen LogP contribution is -2.36. The molecule has 5 nitrogen and oxygen atoms in total. The van der Waals surface area contributed by atoms with E-state index in [9.17, 15) is 13.2 Å². The predicted molar refractivity (Wildman–Crippen MR) is 80.6 cm³/mol. The van der Waals surface area contributed by atoms with Crippen molar-refractivity contribution in [2.75, 3.05) is 13.4 Å². The van der Waals surface area contributed by atoms with Crippen LogP contribution in [-0.4, -0.2) is 27.8 Å². The maximum Gasteiger partial charge on any atom is 0.338 e. The number of fused-ring (bicyclic) bond motifs is 1. The Balaban J connectivity index is 2.55. The van der Waals surface area contributed by atoms with Crippen molar-refractivity contribution in [3.8, 4) is 0 Å². The highest BCUT2D eigenvalue weighted by Crippen LogP contribution is 2.42. The number of rotatable bonds is 3. The molecule has 0 fully saturated rings. The average molecular weight is 311 g/mol. The second-order valence-electron chi connectivity index (χ2n) is 6.35. The molecule has 6 heteroatoms. The molecule has 1 aromatic rings. The zero-order valence-corrected chi connectivity index (χ0v) is 13.6. The van der Waals surface area contributed by atoms with Crippen LogP contribution in [0.25, 0.3) is 0 Å². The fourth-order valence-electron chi connectivity index (χ4n) is 3.01. The summed E-state index contributed by atoms with van der Waals surface area (Å²) in [5.74, 6) is -0.386. The van der Waals surface area contributed by atoms with Gasteiger partial charge in [-0.25, -0.2) is 17.9 Å². The summed E-state index contributed by atoms with van der Waals surface area (Å²) in [5.41, 5.74) is 2.16. The van der Waals surface area contributed by atoms with E-state index < -0.39 is 10.0 Å². The van der Waals surface area contributed by atoms with E-state index >= 15 is 0 Å². The summed E-state index contributed by atoms with van der Waals surface area (Å²) >= 11 is 0. The Bertz CT molecular complexity index is 664. The first-order chi connectivity index (χ1) is 9.63. The largest absolute Gasteiger partial charge is 0.465 e. The number of benzene rings is 1. The Morgan fingerprint density at radius 2 is 2.05 bits per heavy atom. The van der Waals surface area contributed by atoms with Gasteiger partial charge in [-0.3, -0.25) is 0 Å². The third-order valence-electron chi connectivity index (χ3n) is 3.76. The molecule has 1 aliphatic carbocycles. The molecule has 116 valence electrons. The molecule has 1 aliphatic rings. The normalized spacial score (nSPS) is 20.7. The Morgan fingerprint density at radius 3 is 2.62 bits per heavy atom. The van der Waals surface area contributed by atoms with E-state index in [0.717, 1.165) is 23.8 Å². The highest BCUT2D eigenvalue weighted by atomic mass is 32.2. The Kier molecular flexibility index (Phi) is 4.13. The third kappa shape index (κ3) is 3.63. The van der Waals surface area contributed by atoms with Gasteiger partial charge in [-0.15, -0.1) is 0 Å². The van der Waals surface area contributed by atoms with E-state index in [1.165, 1.54) is 7.11 Å². The van der Waals surface area contributed by atoms with Crippen molar-refractivity contribution in [3.05, 3.63) is 34.9 Å². The Hall–Kier alpha value is -1.40. The summed E-state index contributed by atoms with van der Waals surface area (Å²) in [6.07, 6.45) is 2.56. The Labute approximate surface area is 125 Å². The van der Waals surface area contributed by atoms with Gasteiger partial charge >= 0.3 is 5.97 Å². The van der Waals surface area contributed by atoms with Gasteiger partial charge < -0.3 is 4.74 Å². The summed E-state index contributed by atoms with van der Waals surface area (Å²) < 4.78 is 30.7. The summed E-state index contributed by atoms with van der Waals surface area (Å²) in [4.78, 5) is 11.9. The summed E-state index contributed by atoms with van der Waals surface area (Å²) in [7, 11) is -1.97. The summed E-state index contributed by atoms with van der Waals surface area (Å²) in [6.45, 7) is 4.14. The molecule has 0 saturated heterocycles. The van der Waals surface area contributed by atoms with Crippen molar-refractivity contribution < 1.29 is 17.9 Å². The molecular weight excluding hydrogens is 290 g/mol. The van der Waals surface area contributed by atoms with Crippen molar-refractivity contribution in [2.45, 2.75) is 32.7 Å². The molecule has 2 rings (SSSR count). The van der Waals surface area contributed by atoms with Crippen LogP contribution < -0.4 is 4.72 Å². The van der Waals surface area contributed by atoms with E-state index in [1.54, 1.807) is 12.1 Å². The average Bonchev–Trinajstić information content (AvgIpc) is 2.34. The van der Waals surface area contributed by atoms with Gasteiger partial charge in [-0.05, 0) is 35.4 Å². The second kappa shape index (κ2) is 5.42. The minimum atomic E-state index is -3.32. The third-order valence-corrected chi connectivity index (χ3v) is 4.47. The molecule has 0 heterocycles. The van der Waals surface area contributed by atoms with E-state index in [1.807, 2.05) is 6.07 Å². The van der Waals surface area contributed by atoms with Crippen LogP contribution >= 0.6 is 0 Å². The van der Waals surface area contributed by atoms with Crippen molar-refractivity contribution in [1.29, 1.82) is 0 Å². The minimum Gasteiger partial charge on any atom is -0.465 e. The molecule has 0 radical (unpaired) electrons. The number of carbonyl (C=O) groups is 1. The fourth-order valence-corrected chi connectivity index (χ4v) is 3.73. The predicted octanol–water partition coefficient (Wildman–Crippen LogP) is 2.04. The van der Waals surface area contributed by atoms with Crippen molar-refractivity contribution in [2.24, 2.45) is 5.41 Å². The van der Waals surface area contributed by atoms with E-state index in [0.29, 0.717) is 12.0 Å². The topological polar surface area (TPSA) is 72.5 Å². The molecular formula is C15H21NO4S.